The number of hydrogen-bond donors (Lipinski definition) is 4. The molecule has 0 saturated heterocycles. The van der Waals surface area contributed by atoms with E-state index in [1.165, 1.54) is 25.1 Å². The Hall–Kier alpha value is -1.53. The molecule has 0 aliphatic carbocycles. The Labute approximate surface area is 104 Å². The quantitative estimate of drug-likeness (QED) is 0.363. The van der Waals surface area contributed by atoms with E-state index in [1.54, 1.807) is 0 Å². The molecule has 1 rings (SSSR count). The maximum Gasteiger partial charge on any atom is 0.221 e. The summed E-state index contributed by atoms with van der Waals surface area (Å²) in [4.78, 5) is 22.7. The molecular formula is C11H14N2O3S. The summed E-state index contributed by atoms with van der Waals surface area (Å²) in [5.74, 6) is -0.651. The Morgan fingerprint density at radius 3 is 2.71 bits per heavy atom. The van der Waals surface area contributed by atoms with Crippen molar-refractivity contribution in [1.29, 1.82) is 0 Å². The molecule has 0 aromatic heterocycles. The number of amides is 1. The lowest BCUT2D eigenvalue weighted by molar-refractivity contribution is -0.114. The molecule has 0 aliphatic heterocycles. The van der Waals surface area contributed by atoms with Crippen LogP contribution in [-0.2, 0) is 4.79 Å². The number of ketones is 1. The zero-order chi connectivity index (χ0) is 13.0. The van der Waals surface area contributed by atoms with E-state index in [9.17, 15) is 14.7 Å². The van der Waals surface area contributed by atoms with E-state index in [4.69, 9.17) is 5.73 Å². The van der Waals surface area contributed by atoms with Gasteiger partial charge in [0.2, 0.25) is 5.91 Å². The summed E-state index contributed by atoms with van der Waals surface area (Å²) < 4.78 is 0. The zero-order valence-corrected chi connectivity index (χ0v) is 10.2. The Morgan fingerprint density at radius 1 is 1.53 bits per heavy atom. The average molecular weight is 254 g/mol. The Kier molecular flexibility index (Phi) is 4.53. The molecule has 0 heterocycles. The van der Waals surface area contributed by atoms with E-state index in [0.29, 0.717) is 5.69 Å². The van der Waals surface area contributed by atoms with Gasteiger partial charge in [-0.3, -0.25) is 9.59 Å². The molecule has 92 valence electrons. The van der Waals surface area contributed by atoms with Crippen LogP contribution in [0.1, 0.15) is 17.3 Å². The maximum absolute atomic E-state index is 11.8. The second-order valence-corrected chi connectivity index (χ2v) is 3.93. The minimum Gasteiger partial charge on any atom is -0.507 e. The highest BCUT2D eigenvalue weighted by Crippen LogP contribution is 2.22. The predicted molar refractivity (Wildman–Crippen MR) is 68.6 cm³/mol. The number of thiol groups is 1. The molecule has 0 spiro atoms. The van der Waals surface area contributed by atoms with Crippen molar-refractivity contribution in [3.8, 4) is 5.75 Å². The van der Waals surface area contributed by atoms with Crippen LogP contribution in [0.5, 0.6) is 5.75 Å². The topological polar surface area (TPSA) is 92.4 Å². The number of hydrogen-bond acceptors (Lipinski definition) is 5. The van der Waals surface area contributed by atoms with Gasteiger partial charge in [-0.25, -0.2) is 0 Å². The fourth-order valence-electron chi connectivity index (χ4n) is 1.30. The molecule has 0 unspecified atom stereocenters. The number of phenols is 1. The molecule has 1 aromatic carbocycles. The van der Waals surface area contributed by atoms with Crippen molar-refractivity contribution in [1.82, 2.24) is 0 Å². The number of aromatic hydroxyl groups is 1. The van der Waals surface area contributed by atoms with Crippen molar-refractivity contribution in [3.63, 3.8) is 0 Å². The largest absolute Gasteiger partial charge is 0.507 e. The molecule has 1 atom stereocenters. The SMILES string of the molecule is CC(=O)Nc1ccc(O)c(C(=O)[C@@H](N)CS)c1. The molecule has 4 N–H and O–H groups in total. The molecule has 0 bridgehead atoms. The Morgan fingerprint density at radius 2 is 2.18 bits per heavy atom. The van der Waals surface area contributed by atoms with Crippen LogP contribution in [0.4, 0.5) is 5.69 Å². The highest BCUT2D eigenvalue weighted by atomic mass is 32.1. The van der Waals surface area contributed by atoms with Gasteiger partial charge in [-0.05, 0) is 18.2 Å². The van der Waals surface area contributed by atoms with Crippen molar-refractivity contribution < 1.29 is 14.7 Å². The highest BCUT2D eigenvalue weighted by Gasteiger charge is 2.18. The van der Waals surface area contributed by atoms with Gasteiger partial charge in [-0.15, -0.1) is 0 Å². The number of nitrogens with one attached hydrogen (secondary N) is 1. The monoisotopic (exact) mass is 254 g/mol. The fraction of sp³-hybridized carbons (Fsp3) is 0.273. The number of benzene rings is 1. The van der Waals surface area contributed by atoms with Crippen LogP contribution in [0, 0.1) is 0 Å². The summed E-state index contributed by atoms with van der Waals surface area (Å²) in [6.45, 7) is 1.35. The summed E-state index contributed by atoms with van der Waals surface area (Å²) in [6, 6.07) is 3.45. The van der Waals surface area contributed by atoms with Crippen molar-refractivity contribution in [3.05, 3.63) is 23.8 Å². The van der Waals surface area contributed by atoms with Crippen molar-refractivity contribution in [2.24, 2.45) is 5.73 Å². The predicted octanol–water partition coefficient (Wildman–Crippen LogP) is 0.790. The van der Waals surface area contributed by atoms with Gasteiger partial charge in [-0.1, -0.05) is 0 Å². The third-order valence-electron chi connectivity index (χ3n) is 2.12. The first kappa shape index (κ1) is 13.5. The normalized spacial score (nSPS) is 11.9. The first-order valence-corrected chi connectivity index (χ1v) is 5.60. The van der Waals surface area contributed by atoms with Crippen molar-refractivity contribution in [2.45, 2.75) is 13.0 Å². The molecule has 0 radical (unpaired) electrons. The minimum atomic E-state index is -0.781. The number of carbonyl (C=O) groups is 2. The van der Waals surface area contributed by atoms with Gasteiger partial charge < -0.3 is 16.2 Å². The van der Waals surface area contributed by atoms with Gasteiger partial charge in [0.25, 0.3) is 0 Å². The van der Waals surface area contributed by atoms with Gasteiger partial charge in [-0.2, -0.15) is 12.6 Å². The van der Waals surface area contributed by atoms with Crippen LogP contribution in [0.15, 0.2) is 18.2 Å². The number of anilines is 1. The third kappa shape index (κ3) is 3.47. The molecule has 0 fully saturated rings. The lowest BCUT2D eigenvalue weighted by atomic mass is 10.0. The Balaban J connectivity index is 3.06. The molecule has 5 nitrogen and oxygen atoms in total. The van der Waals surface area contributed by atoms with Crippen molar-refractivity contribution in [2.75, 3.05) is 11.1 Å². The molecule has 17 heavy (non-hydrogen) atoms. The second-order valence-electron chi connectivity index (χ2n) is 3.57. The lowest BCUT2D eigenvalue weighted by Gasteiger charge is -2.10. The van der Waals surface area contributed by atoms with E-state index < -0.39 is 11.8 Å². The van der Waals surface area contributed by atoms with Gasteiger partial charge >= 0.3 is 0 Å². The summed E-state index contributed by atoms with van der Waals surface area (Å²) in [7, 11) is 0. The van der Waals surface area contributed by atoms with E-state index in [-0.39, 0.29) is 23.0 Å². The average Bonchev–Trinajstić information content (AvgIpc) is 2.29. The van der Waals surface area contributed by atoms with Gasteiger partial charge in [0.15, 0.2) is 5.78 Å². The number of carbonyl (C=O) groups excluding carboxylic acids is 2. The van der Waals surface area contributed by atoms with Crippen molar-refractivity contribution >= 4 is 30.0 Å². The fourth-order valence-corrected chi connectivity index (χ4v) is 1.46. The van der Waals surface area contributed by atoms with Gasteiger partial charge in [0.1, 0.15) is 5.75 Å². The van der Waals surface area contributed by atoms with Crippen LogP contribution in [0.25, 0.3) is 0 Å². The third-order valence-corrected chi connectivity index (χ3v) is 2.51. The zero-order valence-electron chi connectivity index (χ0n) is 9.30. The number of Topliss-reactive ketones (excluding diaryl/α,β-unsaturated/α-hetero) is 1. The summed E-state index contributed by atoms with van der Waals surface area (Å²) >= 11 is 3.92. The molecular weight excluding hydrogens is 240 g/mol. The summed E-state index contributed by atoms with van der Waals surface area (Å²) in [5, 5.41) is 12.1. The standard InChI is InChI=1S/C11H14N2O3S/c1-6(14)13-7-2-3-10(15)8(4-7)11(16)9(12)5-17/h2-4,9,15,17H,5,12H2,1H3,(H,13,14)/t9-/m0/s1. The molecule has 1 aromatic rings. The molecule has 6 heteroatoms. The number of nitrogens with two attached hydrogens (primary N) is 1. The Bertz CT molecular complexity index is 448. The van der Waals surface area contributed by atoms with Crippen LogP contribution in [0.3, 0.4) is 0 Å². The molecule has 0 aliphatic rings. The summed E-state index contributed by atoms with van der Waals surface area (Å²) in [6.07, 6.45) is 0. The number of phenolic OH excluding ortho intramolecular Hbond substituents is 1. The second kappa shape index (κ2) is 5.70. The van der Waals surface area contributed by atoms with E-state index >= 15 is 0 Å². The van der Waals surface area contributed by atoms with Crippen LogP contribution >= 0.6 is 12.6 Å². The lowest BCUT2D eigenvalue weighted by Crippen LogP contribution is -2.32. The van der Waals surface area contributed by atoms with Crippen LogP contribution < -0.4 is 11.1 Å². The minimum absolute atomic E-state index is 0.0813. The first-order chi connectivity index (χ1) is 7.95. The van der Waals surface area contributed by atoms with E-state index in [2.05, 4.69) is 17.9 Å². The smallest absolute Gasteiger partial charge is 0.221 e. The van der Waals surface area contributed by atoms with E-state index in [1.807, 2.05) is 0 Å². The maximum atomic E-state index is 11.8. The number of rotatable bonds is 4. The van der Waals surface area contributed by atoms with E-state index in [0.717, 1.165) is 0 Å². The molecule has 1 amide bonds. The molecule has 0 saturated carbocycles. The van der Waals surface area contributed by atoms with Gasteiger partial charge in [0, 0.05) is 18.4 Å². The van der Waals surface area contributed by atoms with Crippen LogP contribution in [0.2, 0.25) is 0 Å². The van der Waals surface area contributed by atoms with Gasteiger partial charge in [0.05, 0.1) is 11.6 Å². The van der Waals surface area contributed by atoms with Crippen LogP contribution in [-0.4, -0.2) is 28.6 Å². The summed E-state index contributed by atoms with van der Waals surface area (Å²) in [5.41, 5.74) is 6.06. The highest BCUT2D eigenvalue weighted by molar-refractivity contribution is 7.80. The first-order valence-electron chi connectivity index (χ1n) is 4.97.